The van der Waals surface area contributed by atoms with Gasteiger partial charge < -0.3 is 5.32 Å². The Morgan fingerprint density at radius 2 is 1.96 bits per heavy atom. The number of hydrogen-bond acceptors (Lipinski definition) is 4. The molecule has 0 saturated heterocycles. The van der Waals surface area contributed by atoms with Gasteiger partial charge in [0.2, 0.25) is 15.9 Å². The lowest BCUT2D eigenvalue weighted by Gasteiger charge is -2.23. The molecule has 0 aliphatic heterocycles. The quantitative estimate of drug-likeness (QED) is 0.623. The predicted octanol–water partition coefficient (Wildman–Crippen LogP) is 3.94. The molecule has 0 spiro atoms. The smallest absolute Gasteiger partial charge is 0.240 e. The van der Waals surface area contributed by atoms with Crippen molar-refractivity contribution in [3.05, 3.63) is 28.2 Å². The van der Waals surface area contributed by atoms with E-state index in [4.69, 9.17) is 23.2 Å². The van der Waals surface area contributed by atoms with E-state index < -0.39 is 10.0 Å². The fourth-order valence-electron chi connectivity index (χ4n) is 2.90. The Morgan fingerprint density at radius 1 is 1.27 bits per heavy atom. The number of rotatable bonds is 8. The maximum Gasteiger partial charge on any atom is 0.240 e. The molecule has 1 aliphatic rings. The van der Waals surface area contributed by atoms with Crippen LogP contribution in [0.1, 0.15) is 32.1 Å². The van der Waals surface area contributed by atoms with Gasteiger partial charge in [-0.2, -0.15) is 11.8 Å². The first-order valence-corrected chi connectivity index (χ1v) is 12.2. The Hall–Kier alpha value is -0.630. The number of carbonyl (C=O) groups excluding carboxylic acids is 1. The molecule has 0 radical (unpaired) electrons. The van der Waals surface area contributed by atoms with Crippen LogP contribution in [0, 0.1) is 0 Å². The highest BCUT2D eigenvalue weighted by molar-refractivity contribution is 7.99. The van der Waals surface area contributed by atoms with Gasteiger partial charge in [0.05, 0.1) is 17.0 Å². The maximum atomic E-state index is 12.2. The summed E-state index contributed by atoms with van der Waals surface area (Å²) in [5.41, 5.74) is 0.241. The molecule has 26 heavy (non-hydrogen) atoms. The van der Waals surface area contributed by atoms with E-state index in [2.05, 4.69) is 5.32 Å². The zero-order valence-corrected chi connectivity index (χ0v) is 17.9. The number of amides is 1. The van der Waals surface area contributed by atoms with Gasteiger partial charge in [-0.05, 0) is 31.0 Å². The summed E-state index contributed by atoms with van der Waals surface area (Å²) in [6.07, 6.45) is 7.43. The molecule has 1 aliphatic carbocycles. The zero-order chi connectivity index (χ0) is 19.2. The summed E-state index contributed by atoms with van der Waals surface area (Å²) in [5.74, 6) is 0.474. The average molecular weight is 439 g/mol. The van der Waals surface area contributed by atoms with Crippen molar-refractivity contribution in [2.24, 2.45) is 0 Å². The van der Waals surface area contributed by atoms with E-state index in [1.807, 2.05) is 11.8 Å². The highest BCUT2D eigenvalue weighted by atomic mass is 35.5. The normalized spacial score (nSPS) is 15.7. The molecule has 1 fully saturated rings. The molecular formula is C17H24Cl2N2O3S2. The van der Waals surface area contributed by atoms with E-state index in [1.54, 1.807) is 6.07 Å². The first-order valence-electron chi connectivity index (χ1n) is 8.58. The Kier molecular flexibility index (Phi) is 8.39. The lowest BCUT2D eigenvalue weighted by Crippen LogP contribution is -2.41. The van der Waals surface area contributed by atoms with E-state index >= 15 is 0 Å². The largest absolute Gasteiger partial charge is 0.354 e. The summed E-state index contributed by atoms with van der Waals surface area (Å²) in [5, 5.41) is 4.06. The van der Waals surface area contributed by atoms with Crippen LogP contribution in [0.5, 0.6) is 0 Å². The molecule has 1 aromatic rings. The van der Waals surface area contributed by atoms with Gasteiger partial charge in [0.1, 0.15) is 6.54 Å². The van der Waals surface area contributed by atoms with Gasteiger partial charge in [0.25, 0.3) is 0 Å². The number of halogens is 2. The summed E-state index contributed by atoms with van der Waals surface area (Å²) in [6.45, 7) is 0.209. The van der Waals surface area contributed by atoms with Crippen molar-refractivity contribution in [3.8, 4) is 0 Å². The second-order valence-electron chi connectivity index (χ2n) is 6.35. The molecule has 0 heterocycles. The Labute approximate surface area is 169 Å². The van der Waals surface area contributed by atoms with Crippen molar-refractivity contribution in [2.45, 2.75) is 37.4 Å². The van der Waals surface area contributed by atoms with Gasteiger partial charge >= 0.3 is 0 Å². The minimum absolute atomic E-state index is 0.184. The monoisotopic (exact) mass is 438 g/mol. The van der Waals surface area contributed by atoms with Gasteiger partial charge in [-0.1, -0.05) is 42.5 Å². The number of thioether (sulfide) groups is 1. The molecule has 0 unspecified atom stereocenters. The zero-order valence-electron chi connectivity index (χ0n) is 14.7. The third-order valence-electron chi connectivity index (χ3n) is 4.20. The van der Waals surface area contributed by atoms with Crippen molar-refractivity contribution < 1.29 is 13.2 Å². The van der Waals surface area contributed by atoms with Crippen LogP contribution in [0.4, 0.5) is 5.69 Å². The van der Waals surface area contributed by atoms with Crippen LogP contribution >= 0.6 is 35.0 Å². The molecular weight excluding hydrogens is 415 g/mol. The van der Waals surface area contributed by atoms with Crippen LogP contribution < -0.4 is 9.62 Å². The first-order chi connectivity index (χ1) is 12.3. The third kappa shape index (κ3) is 6.83. The molecule has 0 bridgehead atoms. The molecule has 0 aromatic heterocycles. The van der Waals surface area contributed by atoms with Gasteiger partial charge in [0, 0.05) is 22.6 Å². The minimum Gasteiger partial charge on any atom is -0.354 e. The first kappa shape index (κ1) is 21.7. The van der Waals surface area contributed by atoms with Crippen LogP contribution in [0.25, 0.3) is 0 Å². The molecule has 1 saturated carbocycles. The fraction of sp³-hybridized carbons (Fsp3) is 0.588. The predicted molar refractivity (Wildman–Crippen MR) is 111 cm³/mol. The van der Waals surface area contributed by atoms with Crippen molar-refractivity contribution in [3.63, 3.8) is 0 Å². The minimum atomic E-state index is -3.66. The number of carbonyl (C=O) groups is 1. The lowest BCUT2D eigenvalue weighted by atomic mass is 10.0. The van der Waals surface area contributed by atoms with E-state index in [9.17, 15) is 13.2 Å². The molecule has 1 amide bonds. The number of anilines is 1. The van der Waals surface area contributed by atoms with Crippen LogP contribution in [-0.2, 0) is 14.8 Å². The number of nitrogens with one attached hydrogen (secondary N) is 1. The third-order valence-corrected chi connectivity index (χ3v) is 7.24. The summed E-state index contributed by atoms with van der Waals surface area (Å²) in [6, 6.07) is 4.49. The van der Waals surface area contributed by atoms with E-state index in [0.717, 1.165) is 16.3 Å². The number of nitrogens with zero attached hydrogens (tertiary/aromatic N) is 1. The van der Waals surface area contributed by atoms with Crippen molar-refractivity contribution in [1.29, 1.82) is 0 Å². The summed E-state index contributed by atoms with van der Waals surface area (Å²) in [4.78, 5) is 12.2. The van der Waals surface area contributed by atoms with E-state index in [-0.39, 0.29) is 23.2 Å². The Bertz CT molecular complexity index is 723. The second-order valence-corrected chi connectivity index (χ2v) is 10.5. The summed E-state index contributed by atoms with van der Waals surface area (Å²) >= 11 is 13.8. The lowest BCUT2D eigenvalue weighted by molar-refractivity contribution is -0.119. The standard InChI is InChI=1S/C17H24Cl2N2O3S2/c1-26(23,24)21(16-8-7-13(18)11-15(16)19)12-17(22)20-9-10-25-14-5-3-2-4-6-14/h7-8,11,14H,2-6,9-10,12H2,1H3,(H,20,22). The van der Waals surface area contributed by atoms with E-state index in [0.29, 0.717) is 16.8 Å². The van der Waals surface area contributed by atoms with Crippen LogP contribution in [0.3, 0.4) is 0 Å². The molecule has 1 N–H and O–H groups in total. The van der Waals surface area contributed by atoms with E-state index in [1.165, 1.54) is 44.2 Å². The van der Waals surface area contributed by atoms with Crippen molar-refractivity contribution in [1.82, 2.24) is 5.32 Å². The fourth-order valence-corrected chi connectivity index (χ4v) is 5.55. The Balaban J connectivity index is 1.88. The molecule has 5 nitrogen and oxygen atoms in total. The van der Waals surface area contributed by atoms with Crippen molar-refractivity contribution in [2.75, 3.05) is 29.4 Å². The molecule has 2 rings (SSSR count). The number of benzene rings is 1. The number of hydrogen-bond donors (Lipinski definition) is 1. The second kappa shape index (κ2) is 10.1. The van der Waals surface area contributed by atoms with Gasteiger partial charge in [-0.3, -0.25) is 9.10 Å². The highest BCUT2D eigenvalue weighted by Gasteiger charge is 2.23. The van der Waals surface area contributed by atoms with Crippen LogP contribution in [-0.4, -0.2) is 44.7 Å². The summed E-state index contributed by atoms with van der Waals surface area (Å²) < 4.78 is 25.2. The molecule has 146 valence electrons. The average Bonchev–Trinajstić information content (AvgIpc) is 2.57. The van der Waals surface area contributed by atoms with Gasteiger partial charge in [0.15, 0.2) is 0 Å². The maximum absolute atomic E-state index is 12.2. The molecule has 1 aromatic carbocycles. The summed E-state index contributed by atoms with van der Waals surface area (Å²) in [7, 11) is -3.66. The van der Waals surface area contributed by atoms with Crippen LogP contribution in [0.2, 0.25) is 10.0 Å². The Morgan fingerprint density at radius 3 is 2.58 bits per heavy atom. The number of sulfonamides is 1. The van der Waals surface area contributed by atoms with Crippen LogP contribution in [0.15, 0.2) is 18.2 Å². The highest BCUT2D eigenvalue weighted by Crippen LogP contribution is 2.30. The SMILES string of the molecule is CS(=O)(=O)N(CC(=O)NCCSC1CCCCC1)c1ccc(Cl)cc1Cl. The van der Waals surface area contributed by atoms with Gasteiger partial charge in [-0.25, -0.2) is 8.42 Å². The molecule has 9 heteroatoms. The van der Waals surface area contributed by atoms with Crippen molar-refractivity contribution >= 4 is 56.6 Å². The topological polar surface area (TPSA) is 66.5 Å². The van der Waals surface area contributed by atoms with Gasteiger partial charge in [-0.15, -0.1) is 0 Å². The molecule has 0 atom stereocenters.